The highest BCUT2D eigenvalue weighted by Gasteiger charge is 2.25. The Bertz CT molecular complexity index is 1130. The van der Waals surface area contributed by atoms with Crippen LogP contribution in [0, 0.1) is 11.6 Å². The molecule has 4 rings (SSSR count). The van der Waals surface area contributed by atoms with Crippen LogP contribution in [0.4, 0.5) is 8.78 Å². The van der Waals surface area contributed by atoms with E-state index < -0.39 is 17.5 Å². The van der Waals surface area contributed by atoms with Gasteiger partial charge in [0.15, 0.2) is 11.6 Å². The van der Waals surface area contributed by atoms with Gasteiger partial charge in [-0.3, -0.25) is 19.5 Å². The van der Waals surface area contributed by atoms with E-state index in [-0.39, 0.29) is 23.1 Å². The fraction of sp³-hybridized carbons (Fsp3) is 0.333. The molecule has 0 saturated carbocycles. The van der Waals surface area contributed by atoms with Crippen molar-refractivity contribution in [2.45, 2.75) is 25.8 Å². The Hall–Kier alpha value is -3.26. The molecule has 0 aromatic heterocycles. The second-order valence-electron chi connectivity index (χ2n) is 7.91. The van der Waals surface area contributed by atoms with E-state index >= 15 is 0 Å². The molecule has 6 nitrogen and oxygen atoms in total. The van der Waals surface area contributed by atoms with Crippen LogP contribution in [-0.4, -0.2) is 61.4 Å². The summed E-state index contributed by atoms with van der Waals surface area (Å²) in [5, 5.41) is 2.30. The van der Waals surface area contributed by atoms with Gasteiger partial charge in [-0.25, -0.2) is 13.8 Å². The zero-order chi connectivity index (χ0) is 22.8. The van der Waals surface area contributed by atoms with Crippen LogP contribution in [0.5, 0.6) is 0 Å². The van der Waals surface area contributed by atoms with Crippen molar-refractivity contribution < 1.29 is 18.4 Å². The monoisotopic (exact) mass is 438 g/mol. The number of halogens is 2. The van der Waals surface area contributed by atoms with Gasteiger partial charge >= 0.3 is 0 Å². The second kappa shape index (κ2) is 9.08. The summed E-state index contributed by atoms with van der Waals surface area (Å²) in [5.41, 5.74) is 2.89. The Labute approximate surface area is 185 Å². The highest BCUT2D eigenvalue weighted by Crippen LogP contribution is 2.28. The van der Waals surface area contributed by atoms with Crippen molar-refractivity contribution in [1.82, 2.24) is 10.2 Å². The van der Waals surface area contributed by atoms with Crippen LogP contribution in [0.15, 0.2) is 51.5 Å². The fourth-order valence-corrected chi connectivity index (χ4v) is 4.06. The quantitative estimate of drug-likeness (QED) is 0.768. The molecule has 166 valence electrons. The van der Waals surface area contributed by atoms with Gasteiger partial charge in [0, 0.05) is 44.0 Å². The number of nitrogens with one attached hydrogen (secondary N) is 1. The van der Waals surface area contributed by atoms with Crippen molar-refractivity contribution in [3.63, 3.8) is 0 Å². The first kappa shape index (κ1) is 22.0. The van der Waals surface area contributed by atoms with Gasteiger partial charge in [-0.1, -0.05) is 19.1 Å². The van der Waals surface area contributed by atoms with E-state index in [0.717, 1.165) is 5.57 Å². The Morgan fingerprint density at radius 1 is 1.28 bits per heavy atom. The minimum absolute atomic E-state index is 0.185. The van der Waals surface area contributed by atoms with E-state index in [1.807, 2.05) is 31.4 Å². The Kier molecular flexibility index (Phi) is 6.23. The van der Waals surface area contributed by atoms with Crippen LogP contribution in [0.1, 0.15) is 35.7 Å². The summed E-state index contributed by atoms with van der Waals surface area (Å²) >= 11 is 0. The largest absolute Gasteiger partial charge is 0.355 e. The van der Waals surface area contributed by atoms with Crippen molar-refractivity contribution in [3.05, 3.63) is 64.3 Å². The number of rotatable bonds is 5. The van der Waals surface area contributed by atoms with Crippen LogP contribution in [-0.2, 0) is 4.79 Å². The van der Waals surface area contributed by atoms with Gasteiger partial charge in [-0.05, 0) is 42.2 Å². The van der Waals surface area contributed by atoms with E-state index in [0.29, 0.717) is 49.3 Å². The Morgan fingerprint density at radius 3 is 2.78 bits per heavy atom. The summed E-state index contributed by atoms with van der Waals surface area (Å²) in [4.78, 5) is 34.6. The highest BCUT2D eigenvalue weighted by molar-refractivity contribution is 6.16. The third-order valence-corrected chi connectivity index (χ3v) is 5.88. The van der Waals surface area contributed by atoms with Crippen LogP contribution in [0.25, 0.3) is 5.57 Å². The van der Waals surface area contributed by atoms with Gasteiger partial charge in [0.05, 0.1) is 11.3 Å². The van der Waals surface area contributed by atoms with Crippen molar-refractivity contribution in [2.75, 3.05) is 26.7 Å². The number of hydrogen-bond acceptors (Lipinski definition) is 4. The summed E-state index contributed by atoms with van der Waals surface area (Å²) in [5.74, 6) is -2.99. The van der Waals surface area contributed by atoms with Gasteiger partial charge in [-0.2, -0.15) is 0 Å². The van der Waals surface area contributed by atoms with Crippen molar-refractivity contribution in [2.24, 2.45) is 9.98 Å². The Morgan fingerprint density at radius 2 is 2.09 bits per heavy atom. The third kappa shape index (κ3) is 4.23. The molecule has 1 aromatic carbocycles. The van der Waals surface area contributed by atoms with Crippen LogP contribution < -0.4 is 5.32 Å². The van der Waals surface area contributed by atoms with Gasteiger partial charge < -0.3 is 5.32 Å². The third-order valence-electron chi connectivity index (χ3n) is 5.88. The SMILES string of the molecule is CCC1=CC2N=CC(CN3CC=C(c4ccc(C(=O)NC)c(F)c4F)CC3)=CC2=NC1=O. The first-order valence-electron chi connectivity index (χ1n) is 10.6. The summed E-state index contributed by atoms with van der Waals surface area (Å²) in [6, 6.07) is 2.57. The Balaban J connectivity index is 1.44. The van der Waals surface area contributed by atoms with Gasteiger partial charge in [-0.15, -0.1) is 0 Å². The number of carbonyl (C=O) groups excluding carboxylic acids is 2. The summed E-state index contributed by atoms with van der Waals surface area (Å²) < 4.78 is 28.9. The molecule has 32 heavy (non-hydrogen) atoms. The maximum atomic E-state index is 14.6. The summed E-state index contributed by atoms with van der Waals surface area (Å²) in [7, 11) is 1.37. The molecule has 0 radical (unpaired) electrons. The molecule has 0 saturated heterocycles. The molecular weight excluding hydrogens is 414 g/mol. The number of hydrogen-bond donors (Lipinski definition) is 1. The standard InChI is InChI=1S/C24H24F2N4O2/c1-3-15-11-19-20(29-23(15)31)10-14(12-28-19)13-30-8-6-16(7-9-30)17-4-5-18(24(32)27-2)22(26)21(17)25/h4-6,10-12,19H,3,7-9,13H2,1-2H3,(H,27,32). The number of nitrogens with zero attached hydrogens (tertiary/aromatic N) is 3. The predicted molar refractivity (Wildman–Crippen MR) is 120 cm³/mol. The molecule has 3 heterocycles. The molecule has 3 aliphatic rings. The molecule has 0 bridgehead atoms. The van der Waals surface area contributed by atoms with Gasteiger partial charge in [0.2, 0.25) is 0 Å². The molecule has 1 N–H and O–H groups in total. The number of aliphatic imine (C=N–C) groups is 2. The van der Waals surface area contributed by atoms with E-state index in [9.17, 15) is 18.4 Å². The average molecular weight is 438 g/mol. The first-order valence-corrected chi connectivity index (χ1v) is 10.6. The van der Waals surface area contributed by atoms with Crippen molar-refractivity contribution in [3.8, 4) is 0 Å². The maximum Gasteiger partial charge on any atom is 0.272 e. The lowest BCUT2D eigenvalue weighted by molar-refractivity contribution is -0.114. The van der Waals surface area contributed by atoms with E-state index in [1.165, 1.54) is 19.2 Å². The fourth-order valence-electron chi connectivity index (χ4n) is 4.06. The molecule has 3 aliphatic heterocycles. The normalized spacial score (nSPS) is 20.8. The van der Waals surface area contributed by atoms with Crippen LogP contribution in [0.2, 0.25) is 0 Å². The molecule has 2 amide bonds. The molecule has 1 atom stereocenters. The molecular formula is C24H24F2N4O2. The minimum atomic E-state index is -1.13. The number of dihydropyridines is 2. The average Bonchev–Trinajstić information content (AvgIpc) is 2.80. The lowest BCUT2D eigenvalue weighted by atomic mass is 9.96. The van der Waals surface area contributed by atoms with E-state index in [1.54, 1.807) is 0 Å². The van der Waals surface area contributed by atoms with Crippen molar-refractivity contribution >= 4 is 29.3 Å². The second-order valence-corrected chi connectivity index (χ2v) is 7.91. The minimum Gasteiger partial charge on any atom is -0.355 e. The van der Waals surface area contributed by atoms with Crippen LogP contribution in [0.3, 0.4) is 0 Å². The molecule has 1 unspecified atom stereocenters. The highest BCUT2D eigenvalue weighted by atomic mass is 19.2. The molecule has 0 spiro atoms. The zero-order valence-electron chi connectivity index (χ0n) is 18.0. The van der Waals surface area contributed by atoms with Gasteiger partial charge in [0.1, 0.15) is 6.04 Å². The molecule has 8 heteroatoms. The zero-order valence-corrected chi connectivity index (χ0v) is 18.0. The smallest absolute Gasteiger partial charge is 0.272 e. The van der Waals surface area contributed by atoms with Crippen molar-refractivity contribution in [1.29, 1.82) is 0 Å². The number of benzene rings is 1. The van der Waals surface area contributed by atoms with E-state index in [4.69, 9.17) is 0 Å². The molecule has 0 fully saturated rings. The van der Waals surface area contributed by atoms with E-state index in [2.05, 4.69) is 20.2 Å². The first-order chi connectivity index (χ1) is 15.4. The summed E-state index contributed by atoms with van der Waals surface area (Å²) in [6.45, 7) is 3.76. The maximum absolute atomic E-state index is 14.6. The topological polar surface area (TPSA) is 74.1 Å². The summed E-state index contributed by atoms with van der Waals surface area (Å²) in [6.07, 6.45) is 8.65. The lowest BCUT2D eigenvalue weighted by Crippen LogP contribution is -2.33. The number of amides is 2. The lowest BCUT2D eigenvalue weighted by Gasteiger charge is -2.28. The number of fused-ring (bicyclic) bond motifs is 1. The predicted octanol–water partition coefficient (Wildman–Crippen LogP) is 3.11. The van der Waals surface area contributed by atoms with Crippen LogP contribution >= 0.6 is 0 Å². The molecule has 0 aliphatic carbocycles. The molecule has 1 aromatic rings. The number of carbonyl (C=O) groups is 2. The van der Waals surface area contributed by atoms with Gasteiger partial charge in [0.25, 0.3) is 11.8 Å².